The van der Waals surface area contributed by atoms with Crippen LogP contribution in [-0.4, -0.2) is 33.0 Å². The van der Waals surface area contributed by atoms with Crippen molar-refractivity contribution in [3.05, 3.63) is 51.8 Å². The Bertz CT molecular complexity index is 799. The maximum absolute atomic E-state index is 13.8. The van der Waals surface area contributed by atoms with Gasteiger partial charge >= 0.3 is 0 Å². The molecule has 1 aromatic carbocycles. The van der Waals surface area contributed by atoms with Crippen molar-refractivity contribution in [3.8, 4) is 0 Å². The molecule has 0 saturated carbocycles. The van der Waals surface area contributed by atoms with Gasteiger partial charge in [0.05, 0.1) is 6.54 Å². The number of carbonyl (C=O) groups is 2. The zero-order valence-corrected chi connectivity index (χ0v) is 12.9. The molecule has 0 unspecified atom stereocenters. The van der Waals surface area contributed by atoms with Crippen LogP contribution in [0.5, 0.6) is 0 Å². The number of aromatic nitrogens is 2. The Labute approximate surface area is 135 Å². The summed E-state index contributed by atoms with van der Waals surface area (Å²) in [4.78, 5) is 24.7. The van der Waals surface area contributed by atoms with Gasteiger partial charge in [-0.05, 0) is 18.6 Å². The molecule has 3 rings (SSSR count). The molecule has 1 aromatic heterocycles. The fraction of sp³-hybridized carbons (Fsp3) is 0.267. The summed E-state index contributed by atoms with van der Waals surface area (Å²) < 4.78 is 28.7. The monoisotopic (exact) mass is 339 g/mol. The molecule has 0 aliphatic carbocycles. The van der Waals surface area contributed by atoms with Gasteiger partial charge in [-0.15, -0.1) is 0 Å². The number of carbonyl (C=O) groups excluding carboxylic acids is 2. The van der Waals surface area contributed by atoms with Crippen molar-refractivity contribution in [2.45, 2.75) is 19.9 Å². The molecule has 0 fully saturated rings. The van der Waals surface area contributed by atoms with Crippen molar-refractivity contribution >= 4 is 23.4 Å². The third-order valence-electron chi connectivity index (χ3n) is 3.77. The molecule has 0 radical (unpaired) electrons. The summed E-state index contributed by atoms with van der Waals surface area (Å²) in [5.74, 6) is -2.36. The van der Waals surface area contributed by atoms with Crippen LogP contribution < -0.4 is 0 Å². The first-order chi connectivity index (χ1) is 10.9. The molecule has 0 bridgehead atoms. The summed E-state index contributed by atoms with van der Waals surface area (Å²) in [6.07, 6.45) is 0.360. The van der Waals surface area contributed by atoms with Gasteiger partial charge in [-0.2, -0.15) is 5.10 Å². The maximum Gasteiger partial charge on any atom is 0.281 e. The normalized spacial score (nSPS) is 14.1. The molecule has 5 nitrogen and oxygen atoms in total. The summed E-state index contributed by atoms with van der Waals surface area (Å²) in [5.41, 5.74) is 0.351. The molecule has 0 N–H and O–H groups in total. The summed E-state index contributed by atoms with van der Waals surface area (Å²) >= 11 is 6.19. The highest BCUT2D eigenvalue weighted by Crippen LogP contribution is 2.27. The van der Waals surface area contributed by atoms with E-state index in [0.29, 0.717) is 12.0 Å². The van der Waals surface area contributed by atoms with E-state index in [2.05, 4.69) is 5.10 Å². The van der Waals surface area contributed by atoms with Crippen LogP contribution in [-0.2, 0) is 17.8 Å². The Morgan fingerprint density at radius 3 is 2.61 bits per heavy atom. The zero-order chi connectivity index (χ0) is 16.7. The van der Waals surface area contributed by atoms with Gasteiger partial charge in [-0.1, -0.05) is 17.7 Å². The Morgan fingerprint density at radius 1 is 1.35 bits per heavy atom. The van der Waals surface area contributed by atoms with E-state index in [4.69, 9.17) is 11.6 Å². The number of imide groups is 1. The second-order valence-electron chi connectivity index (χ2n) is 5.20. The molecule has 2 amide bonds. The number of amides is 2. The molecular weight excluding hydrogens is 328 g/mol. The van der Waals surface area contributed by atoms with E-state index >= 15 is 0 Å². The SMILES string of the molecule is CC(=O)N1CCc2c(nn(Cc3c(F)cccc3F)c2Cl)C1=O. The predicted octanol–water partition coefficient (Wildman–Crippen LogP) is 2.41. The number of rotatable bonds is 2. The largest absolute Gasteiger partial charge is 0.281 e. The lowest BCUT2D eigenvalue weighted by Gasteiger charge is -2.22. The van der Waals surface area contributed by atoms with E-state index in [-0.39, 0.29) is 35.4 Å². The lowest BCUT2D eigenvalue weighted by atomic mass is 10.1. The lowest BCUT2D eigenvalue weighted by Crippen LogP contribution is -2.40. The standard InChI is InChI=1S/C15H12ClF2N3O2/c1-8(22)20-6-5-9-13(15(20)23)19-21(14(9)16)7-10-11(17)3-2-4-12(10)18/h2-4H,5-7H2,1H3. The number of benzene rings is 1. The Morgan fingerprint density at radius 2 is 2.00 bits per heavy atom. The third kappa shape index (κ3) is 2.61. The highest BCUT2D eigenvalue weighted by atomic mass is 35.5. The van der Waals surface area contributed by atoms with Gasteiger partial charge in [0, 0.05) is 24.6 Å². The van der Waals surface area contributed by atoms with Gasteiger partial charge in [0.25, 0.3) is 5.91 Å². The number of hydrogen-bond acceptors (Lipinski definition) is 3. The molecule has 1 aliphatic heterocycles. The Kier molecular flexibility index (Phi) is 3.89. The number of halogens is 3. The summed E-state index contributed by atoms with van der Waals surface area (Å²) in [5, 5.41) is 4.20. The molecule has 2 heterocycles. The van der Waals surface area contributed by atoms with Crippen molar-refractivity contribution in [2.75, 3.05) is 6.54 Å². The van der Waals surface area contributed by atoms with E-state index < -0.39 is 17.5 Å². The molecule has 0 atom stereocenters. The molecule has 8 heteroatoms. The van der Waals surface area contributed by atoms with Gasteiger partial charge in [-0.25, -0.2) is 13.5 Å². The Balaban J connectivity index is 2.00. The van der Waals surface area contributed by atoms with Gasteiger partial charge in [0.15, 0.2) is 5.69 Å². The van der Waals surface area contributed by atoms with Crippen LogP contribution in [0.25, 0.3) is 0 Å². The average Bonchev–Trinajstić information content (AvgIpc) is 2.81. The second-order valence-corrected chi connectivity index (χ2v) is 5.56. The van der Waals surface area contributed by atoms with Crippen LogP contribution in [0, 0.1) is 11.6 Å². The van der Waals surface area contributed by atoms with Crippen molar-refractivity contribution in [2.24, 2.45) is 0 Å². The van der Waals surface area contributed by atoms with Gasteiger partial charge in [0.2, 0.25) is 5.91 Å². The number of hydrogen-bond donors (Lipinski definition) is 0. The van der Waals surface area contributed by atoms with Gasteiger partial charge in [0.1, 0.15) is 16.8 Å². The fourth-order valence-electron chi connectivity index (χ4n) is 2.56. The first-order valence-electron chi connectivity index (χ1n) is 6.90. The summed E-state index contributed by atoms with van der Waals surface area (Å²) in [6, 6.07) is 3.54. The topological polar surface area (TPSA) is 55.2 Å². The molecule has 1 aliphatic rings. The third-order valence-corrected chi connectivity index (χ3v) is 4.19. The summed E-state index contributed by atoms with van der Waals surface area (Å²) in [7, 11) is 0. The minimum atomic E-state index is -0.716. The minimum absolute atomic E-state index is 0.0493. The summed E-state index contributed by atoms with van der Waals surface area (Å²) in [6.45, 7) is 1.26. The fourth-order valence-corrected chi connectivity index (χ4v) is 2.84. The zero-order valence-electron chi connectivity index (χ0n) is 12.1. The molecule has 2 aromatic rings. The van der Waals surface area contributed by atoms with Crippen LogP contribution in [0.1, 0.15) is 28.5 Å². The molecule has 0 spiro atoms. The van der Waals surface area contributed by atoms with E-state index in [9.17, 15) is 18.4 Å². The first-order valence-corrected chi connectivity index (χ1v) is 7.28. The molecule has 0 saturated heterocycles. The maximum atomic E-state index is 13.8. The Hall–Kier alpha value is -2.28. The van der Waals surface area contributed by atoms with Gasteiger partial charge < -0.3 is 0 Å². The molecule has 120 valence electrons. The second kappa shape index (κ2) is 5.73. The quantitative estimate of drug-likeness (QED) is 0.844. The van der Waals surface area contributed by atoms with Crippen LogP contribution in [0.2, 0.25) is 5.15 Å². The number of nitrogens with zero attached hydrogens (tertiary/aromatic N) is 3. The van der Waals surface area contributed by atoms with Crippen LogP contribution in [0.15, 0.2) is 18.2 Å². The van der Waals surface area contributed by atoms with Crippen molar-refractivity contribution in [3.63, 3.8) is 0 Å². The van der Waals surface area contributed by atoms with Crippen molar-refractivity contribution in [1.82, 2.24) is 14.7 Å². The van der Waals surface area contributed by atoms with Crippen LogP contribution in [0.4, 0.5) is 8.78 Å². The minimum Gasteiger partial charge on any atom is -0.277 e. The first kappa shape index (κ1) is 15.6. The highest BCUT2D eigenvalue weighted by molar-refractivity contribution is 6.31. The van der Waals surface area contributed by atoms with E-state index in [0.717, 1.165) is 17.0 Å². The smallest absolute Gasteiger partial charge is 0.277 e. The van der Waals surface area contributed by atoms with E-state index in [1.54, 1.807) is 0 Å². The molecular formula is C15H12ClF2N3O2. The lowest BCUT2D eigenvalue weighted by molar-refractivity contribution is -0.126. The predicted molar refractivity (Wildman–Crippen MR) is 78.1 cm³/mol. The molecule has 23 heavy (non-hydrogen) atoms. The van der Waals surface area contributed by atoms with Crippen molar-refractivity contribution < 1.29 is 18.4 Å². The highest BCUT2D eigenvalue weighted by Gasteiger charge is 2.32. The van der Waals surface area contributed by atoms with Crippen LogP contribution in [0.3, 0.4) is 0 Å². The van der Waals surface area contributed by atoms with Crippen LogP contribution >= 0.6 is 11.6 Å². The van der Waals surface area contributed by atoms with Crippen molar-refractivity contribution in [1.29, 1.82) is 0 Å². The van der Waals surface area contributed by atoms with E-state index in [1.807, 2.05) is 0 Å². The van der Waals surface area contributed by atoms with Gasteiger partial charge in [-0.3, -0.25) is 14.5 Å². The number of fused-ring (bicyclic) bond motifs is 1. The van der Waals surface area contributed by atoms with E-state index in [1.165, 1.54) is 17.7 Å². The average molecular weight is 340 g/mol.